The van der Waals surface area contributed by atoms with E-state index in [1.165, 1.54) is 27.8 Å². The molecule has 0 heterocycles. The molecule has 3 heteroatoms. The van der Waals surface area contributed by atoms with Crippen LogP contribution < -0.4 is 24.8 Å². The van der Waals surface area contributed by atoms with Crippen molar-refractivity contribution in [2.24, 2.45) is 11.3 Å². The monoisotopic (exact) mass is 522 g/mol. The molecule has 0 saturated carbocycles. The van der Waals surface area contributed by atoms with Gasteiger partial charge in [0.2, 0.25) is 0 Å². The second kappa shape index (κ2) is 10.5. The van der Waals surface area contributed by atoms with Gasteiger partial charge >= 0.3 is 26.2 Å². The van der Waals surface area contributed by atoms with Crippen molar-refractivity contribution in [1.29, 1.82) is 0 Å². The van der Waals surface area contributed by atoms with E-state index >= 15 is 0 Å². The summed E-state index contributed by atoms with van der Waals surface area (Å²) >= 11 is 0. The first-order chi connectivity index (χ1) is 13.7. The summed E-state index contributed by atoms with van der Waals surface area (Å²) in [6, 6.07) is 18.0. The van der Waals surface area contributed by atoms with Crippen LogP contribution in [-0.4, -0.2) is 0 Å². The van der Waals surface area contributed by atoms with Crippen molar-refractivity contribution < 1.29 is 51.0 Å². The van der Waals surface area contributed by atoms with Crippen LogP contribution in [-0.2, 0) is 26.2 Å². The maximum absolute atomic E-state index is 4.03. The number of benzene rings is 2. The van der Waals surface area contributed by atoms with Crippen molar-refractivity contribution in [3.05, 3.63) is 120 Å². The zero-order chi connectivity index (χ0) is 19.1. The molecule has 5 rings (SSSR count). The van der Waals surface area contributed by atoms with Crippen molar-refractivity contribution in [1.82, 2.24) is 0 Å². The predicted molar refractivity (Wildman–Crippen MR) is 119 cm³/mol. The van der Waals surface area contributed by atoms with Gasteiger partial charge in [-0.1, -0.05) is 104 Å². The minimum absolute atomic E-state index is 0. The Morgan fingerprint density at radius 1 is 0.903 bits per heavy atom. The Bertz CT molecular complexity index is 1030. The van der Waals surface area contributed by atoms with Gasteiger partial charge in [0.15, 0.2) is 0 Å². The SMILES string of the molecule is C=CCCC(C)(C1=CC=C2C=CC=CC21)C1c2ccccc2-c2ccccc21.[Cl-].[Cl-].[Zr+2]. The van der Waals surface area contributed by atoms with Gasteiger partial charge in [-0.15, -0.1) is 6.58 Å². The summed E-state index contributed by atoms with van der Waals surface area (Å²) < 4.78 is 0. The molecule has 3 aliphatic rings. The van der Waals surface area contributed by atoms with Crippen LogP contribution in [0.15, 0.2) is 109 Å². The van der Waals surface area contributed by atoms with Gasteiger partial charge in [0, 0.05) is 17.3 Å². The molecule has 0 radical (unpaired) electrons. The van der Waals surface area contributed by atoms with Crippen molar-refractivity contribution >= 4 is 0 Å². The topological polar surface area (TPSA) is 0 Å². The molecule has 3 aliphatic carbocycles. The van der Waals surface area contributed by atoms with E-state index < -0.39 is 0 Å². The van der Waals surface area contributed by atoms with Crippen LogP contribution in [0.1, 0.15) is 36.8 Å². The van der Waals surface area contributed by atoms with E-state index in [0.29, 0.717) is 11.8 Å². The molecular formula is C28H26Cl2Zr. The molecule has 0 fully saturated rings. The van der Waals surface area contributed by atoms with Gasteiger partial charge < -0.3 is 24.8 Å². The van der Waals surface area contributed by atoms with E-state index in [9.17, 15) is 0 Å². The van der Waals surface area contributed by atoms with Crippen LogP contribution in [0.2, 0.25) is 0 Å². The maximum atomic E-state index is 4.03. The summed E-state index contributed by atoms with van der Waals surface area (Å²) in [5.74, 6) is 0.776. The van der Waals surface area contributed by atoms with Crippen molar-refractivity contribution in [2.75, 3.05) is 0 Å². The molecular weight excluding hydrogens is 498 g/mol. The molecule has 2 atom stereocenters. The van der Waals surface area contributed by atoms with Gasteiger partial charge in [0.25, 0.3) is 0 Å². The summed E-state index contributed by atoms with van der Waals surface area (Å²) in [6.45, 7) is 6.51. The van der Waals surface area contributed by atoms with Crippen LogP contribution in [0, 0.1) is 11.3 Å². The van der Waals surface area contributed by atoms with Gasteiger partial charge in [-0.05, 0) is 40.7 Å². The van der Waals surface area contributed by atoms with Crippen LogP contribution in [0.25, 0.3) is 11.1 Å². The molecule has 0 nitrogen and oxygen atoms in total. The van der Waals surface area contributed by atoms with E-state index in [4.69, 9.17) is 0 Å². The first-order valence-corrected chi connectivity index (χ1v) is 10.3. The minimum atomic E-state index is 0. The Labute approximate surface area is 217 Å². The smallest absolute Gasteiger partial charge is 1.00 e. The second-order valence-corrected chi connectivity index (χ2v) is 8.36. The number of hydrogen-bond acceptors (Lipinski definition) is 0. The average molecular weight is 525 g/mol. The van der Waals surface area contributed by atoms with Crippen molar-refractivity contribution in [3.8, 4) is 11.1 Å². The van der Waals surface area contributed by atoms with Gasteiger partial charge in [-0.2, -0.15) is 0 Å². The quantitative estimate of drug-likeness (QED) is 0.519. The summed E-state index contributed by atoms with van der Waals surface area (Å²) in [6.07, 6.45) is 17.9. The number of halogens is 2. The van der Waals surface area contributed by atoms with E-state index in [1.807, 2.05) is 0 Å². The predicted octanol–water partition coefficient (Wildman–Crippen LogP) is 1.39. The zero-order valence-electron chi connectivity index (χ0n) is 17.7. The molecule has 2 aromatic carbocycles. The third kappa shape index (κ3) is 4.18. The first kappa shape index (κ1) is 25.9. The van der Waals surface area contributed by atoms with Crippen molar-refractivity contribution in [2.45, 2.75) is 25.7 Å². The molecule has 0 spiro atoms. The first-order valence-electron chi connectivity index (χ1n) is 10.3. The van der Waals surface area contributed by atoms with E-state index in [0.717, 1.165) is 12.8 Å². The fraction of sp³-hybridized carbons (Fsp3) is 0.214. The minimum Gasteiger partial charge on any atom is -1.00 e. The molecule has 0 aliphatic heterocycles. The number of rotatable bonds is 5. The van der Waals surface area contributed by atoms with E-state index in [1.54, 1.807) is 5.57 Å². The Balaban J connectivity index is 0.00000114. The molecule has 156 valence electrons. The van der Waals surface area contributed by atoms with E-state index in [2.05, 4.69) is 105 Å². The third-order valence-electron chi connectivity index (χ3n) is 6.85. The second-order valence-electron chi connectivity index (χ2n) is 8.36. The fourth-order valence-corrected chi connectivity index (χ4v) is 5.53. The summed E-state index contributed by atoms with van der Waals surface area (Å²) in [5, 5.41) is 0. The standard InChI is InChI=1S/C28H26.2ClH.Zr/c1-3-4-19-28(2,26-18-17-20-11-5-6-12-21(20)26)27-24-15-9-7-13-22(24)23-14-8-10-16-25(23)27;;;/h3,5-18,21,27H,1,4,19H2,2H3;2*1H;/q;;;+2/p-2. The maximum Gasteiger partial charge on any atom is 2.00 e. The Kier molecular flexibility index (Phi) is 8.74. The van der Waals surface area contributed by atoms with Crippen LogP contribution in [0.5, 0.6) is 0 Å². The van der Waals surface area contributed by atoms with Gasteiger partial charge in [0.1, 0.15) is 0 Å². The molecule has 0 saturated heterocycles. The number of hydrogen-bond donors (Lipinski definition) is 0. The summed E-state index contributed by atoms with van der Waals surface area (Å²) in [4.78, 5) is 0. The Hall–Kier alpha value is -1.40. The molecule has 31 heavy (non-hydrogen) atoms. The van der Waals surface area contributed by atoms with Crippen LogP contribution in [0.3, 0.4) is 0 Å². The average Bonchev–Trinajstić information content (AvgIpc) is 3.32. The number of allylic oxidation sites excluding steroid dienone is 9. The van der Waals surface area contributed by atoms with E-state index in [-0.39, 0.29) is 56.4 Å². The molecule has 0 amide bonds. The fourth-order valence-electron chi connectivity index (χ4n) is 5.53. The number of fused-ring (bicyclic) bond motifs is 4. The van der Waals surface area contributed by atoms with Gasteiger partial charge in [-0.25, -0.2) is 0 Å². The largest absolute Gasteiger partial charge is 2.00 e. The normalized spacial score (nSPS) is 19.3. The molecule has 0 N–H and O–H groups in total. The molecule has 0 bridgehead atoms. The summed E-state index contributed by atoms with van der Waals surface area (Å²) in [7, 11) is 0. The Morgan fingerprint density at radius 3 is 2.13 bits per heavy atom. The third-order valence-corrected chi connectivity index (χ3v) is 6.85. The summed E-state index contributed by atoms with van der Waals surface area (Å²) in [5.41, 5.74) is 8.75. The van der Waals surface area contributed by atoms with Crippen LogP contribution in [0.4, 0.5) is 0 Å². The zero-order valence-corrected chi connectivity index (χ0v) is 21.7. The molecule has 2 unspecified atom stereocenters. The van der Waals surface area contributed by atoms with Crippen molar-refractivity contribution in [3.63, 3.8) is 0 Å². The molecule has 0 aromatic heterocycles. The van der Waals surface area contributed by atoms with Crippen LogP contribution >= 0.6 is 0 Å². The molecule has 2 aromatic rings. The van der Waals surface area contributed by atoms with Gasteiger partial charge in [-0.3, -0.25) is 0 Å². The van der Waals surface area contributed by atoms with Gasteiger partial charge in [0.05, 0.1) is 0 Å². The Morgan fingerprint density at radius 2 is 1.52 bits per heavy atom.